The van der Waals surface area contributed by atoms with Crippen molar-refractivity contribution in [2.75, 3.05) is 5.32 Å². The van der Waals surface area contributed by atoms with Gasteiger partial charge in [0.2, 0.25) is 5.91 Å². The van der Waals surface area contributed by atoms with Crippen molar-refractivity contribution in [3.63, 3.8) is 0 Å². The molecular weight excluding hydrogens is 268 g/mol. The zero-order chi connectivity index (χ0) is 16.3. The molecule has 1 aromatic rings. The summed E-state index contributed by atoms with van der Waals surface area (Å²) < 4.78 is 0. The van der Waals surface area contributed by atoms with Crippen LogP contribution in [0.3, 0.4) is 0 Å². The van der Waals surface area contributed by atoms with Crippen molar-refractivity contribution in [1.82, 2.24) is 0 Å². The van der Waals surface area contributed by atoms with E-state index in [0.29, 0.717) is 12.1 Å². The summed E-state index contributed by atoms with van der Waals surface area (Å²) in [6.45, 7) is 7.24. The molecule has 0 aliphatic rings. The Labute approximate surface area is 125 Å². The molecule has 0 saturated heterocycles. The predicted octanol–water partition coefficient (Wildman–Crippen LogP) is 2.41. The van der Waals surface area contributed by atoms with Gasteiger partial charge in [-0.15, -0.1) is 0 Å². The molecule has 5 heteroatoms. The van der Waals surface area contributed by atoms with Crippen LogP contribution in [-0.2, 0) is 16.0 Å². The van der Waals surface area contributed by atoms with E-state index in [2.05, 4.69) is 5.32 Å². The standard InChI is InChI=1S/C16H24N2O3/c1-15(2,16(3,4)17)14(21)18-12-7-5-6-11(10-12)8-9-13(19)20/h5-7,10H,8-9,17H2,1-4H3,(H,18,21)(H,19,20). The largest absolute Gasteiger partial charge is 0.481 e. The van der Waals surface area contributed by atoms with Crippen LogP contribution in [0.25, 0.3) is 0 Å². The van der Waals surface area contributed by atoms with E-state index in [0.717, 1.165) is 5.56 Å². The molecule has 4 N–H and O–H groups in total. The van der Waals surface area contributed by atoms with Gasteiger partial charge in [-0.1, -0.05) is 12.1 Å². The van der Waals surface area contributed by atoms with Gasteiger partial charge in [0.15, 0.2) is 0 Å². The van der Waals surface area contributed by atoms with Gasteiger partial charge in [-0.25, -0.2) is 0 Å². The Hall–Kier alpha value is -1.88. The number of hydrogen-bond acceptors (Lipinski definition) is 3. The minimum absolute atomic E-state index is 0.0682. The van der Waals surface area contributed by atoms with E-state index in [1.165, 1.54) is 0 Å². The third-order valence-electron chi connectivity index (χ3n) is 3.99. The van der Waals surface area contributed by atoms with Gasteiger partial charge in [0.25, 0.3) is 0 Å². The van der Waals surface area contributed by atoms with E-state index in [-0.39, 0.29) is 12.3 Å². The van der Waals surface area contributed by atoms with Crippen LogP contribution in [0.2, 0.25) is 0 Å². The van der Waals surface area contributed by atoms with Crippen LogP contribution < -0.4 is 11.1 Å². The molecule has 5 nitrogen and oxygen atoms in total. The van der Waals surface area contributed by atoms with E-state index < -0.39 is 16.9 Å². The summed E-state index contributed by atoms with van der Waals surface area (Å²) in [5, 5.41) is 11.6. The second-order valence-corrected chi connectivity index (χ2v) is 6.39. The third-order valence-corrected chi connectivity index (χ3v) is 3.99. The summed E-state index contributed by atoms with van der Waals surface area (Å²) in [4.78, 5) is 23.0. The average Bonchev–Trinajstić information content (AvgIpc) is 2.35. The molecular formula is C16H24N2O3. The van der Waals surface area contributed by atoms with Crippen molar-refractivity contribution >= 4 is 17.6 Å². The molecule has 0 aliphatic carbocycles. The first-order valence-electron chi connectivity index (χ1n) is 6.95. The second kappa shape index (κ2) is 6.26. The number of anilines is 1. The normalized spacial score (nSPS) is 12.0. The maximum absolute atomic E-state index is 12.4. The lowest BCUT2D eigenvalue weighted by Crippen LogP contribution is -2.53. The summed E-state index contributed by atoms with van der Waals surface area (Å²) >= 11 is 0. The molecule has 0 saturated carbocycles. The maximum Gasteiger partial charge on any atom is 0.303 e. The highest BCUT2D eigenvalue weighted by molar-refractivity contribution is 5.95. The summed E-state index contributed by atoms with van der Waals surface area (Å²) in [6.07, 6.45) is 0.504. The number of rotatable bonds is 6. The van der Waals surface area contributed by atoms with Crippen LogP contribution >= 0.6 is 0 Å². The first-order valence-corrected chi connectivity index (χ1v) is 6.95. The number of carbonyl (C=O) groups is 2. The minimum Gasteiger partial charge on any atom is -0.481 e. The van der Waals surface area contributed by atoms with Gasteiger partial charge >= 0.3 is 5.97 Å². The molecule has 1 amide bonds. The second-order valence-electron chi connectivity index (χ2n) is 6.39. The van der Waals surface area contributed by atoms with Gasteiger partial charge in [0.1, 0.15) is 0 Å². The number of aryl methyl sites for hydroxylation is 1. The lowest BCUT2D eigenvalue weighted by atomic mass is 9.74. The van der Waals surface area contributed by atoms with E-state index >= 15 is 0 Å². The molecule has 0 spiro atoms. The number of carbonyl (C=O) groups excluding carboxylic acids is 1. The van der Waals surface area contributed by atoms with Crippen LogP contribution in [0.5, 0.6) is 0 Å². The smallest absolute Gasteiger partial charge is 0.303 e. The quantitative estimate of drug-likeness (QED) is 0.750. The predicted molar refractivity (Wildman–Crippen MR) is 83.1 cm³/mol. The first kappa shape index (κ1) is 17.2. The number of nitrogens with one attached hydrogen (secondary N) is 1. The number of hydrogen-bond donors (Lipinski definition) is 3. The zero-order valence-electron chi connectivity index (χ0n) is 13.1. The van der Waals surface area contributed by atoms with Gasteiger partial charge in [-0.05, 0) is 51.8 Å². The Kier molecular flexibility index (Phi) is 5.12. The van der Waals surface area contributed by atoms with Gasteiger partial charge in [0, 0.05) is 17.6 Å². The highest BCUT2D eigenvalue weighted by Gasteiger charge is 2.40. The van der Waals surface area contributed by atoms with Crippen molar-refractivity contribution in [2.24, 2.45) is 11.1 Å². The van der Waals surface area contributed by atoms with Gasteiger partial charge in [-0.3, -0.25) is 9.59 Å². The molecule has 1 rings (SSSR count). The number of aliphatic carboxylic acids is 1. The maximum atomic E-state index is 12.4. The third kappa shape index (κ3) is 4.56. The van der Waals surface area contributed by atoms with Crippen LogP contribution in [0, 0.1) is 5.41 Å². The SMILES string of the molecule is CC(C)(N)C(C)(C)C(=O)Nc1cccc(CCC(=O)O)c1. The van der Waals surface area contributed by atoms with Crippen molar-refractivity contribution in [3.05, 3.63) is 29.8 Å². The fraction of sp³-hybridized carbons (Fsp3) is 0.500. The molecule has 0 atom stereocenters. The molecule has 116 valence electrons. The molecule has 0 radical (unpaired) electrons. The molecule has 0 heterocycles. The van der Waals surface area contributed by atoms with E-state index in [9.17, 15) is 9.59 Å². The number of carboxylic acids is 1. The highest BCUT2D eigenvalue weighted by Crippen LogP contribution is 2.29. The minimum atomic E-state index is -0.838. The van der Waals surface area contributed by atoms with Gasteiger partial charge in [-0.2, -0.15) is 0 Å². The van der Waals surface area contributed by atoms with Crippen LogP contribution in [0.1, 0.15) is 39.7 Å². The molecule has 0 bridgehead atoms. The molecule has 0 unspecified atom stereocenters. The fourth-order valence-electron chi connectivity index (χ4n) is 1.64. The Balaban J connectivity index is 2.82. The summed E-state index contributed by atoms with van der Waals surface area (Å²) in [5.74, 6) is -0.999. The number of carboxylic acid groups (broad SMARTS) is 1. The van der Waals surface area contributed by atoms with E-state index in [4.69, 9.17) is 10.8 Å². The van der Waals surface area contributed by atoms with Crippen LogP contribution in [0.15, 0.2) is 24.3 Å². The van der Waals surface area contributed by atoms with Gasteiger partial charge in [0.05, 0.1) is 5.41 Å². The first-order chi connectivity index (χ1) is 9.54. The van der Waals surface area contributed by atoms with E-state index in [1.807, 2.05) is 19.9 Å². The Bertz CT molecular complexity index is 531. The van der Waals surface area contributed by atoms with Gasteiger partial charge < -0.3 is 16.2 Å². The topological polar surface area (TPSA) is 92.4 Å². The Morgan fingerprint density at radius 3 is 2.38 bits per heavy atom. The fourth-order valence-corrected chi connectivity index (χ4v) is 1.64. The number of amides is 1. The van der Waals surface area contributed by atoms with Crippen LogP contribution in [0.4, 0.5) is 5.69 Å². The van der Waals surface area contributed by atoms with E-state index in [1.54, 1.807) is 32.0 Å². The lowest BCUT2D eigenvalue weighted by molar-refractivity contribution is -0.137. The Morgan fingerprint density at radius 2 is 1.86 bits per heavy atom. The van der Waals surface area contributed by atoms with Crippen molar-refractivity contribution in [1.29, 1.82) is 0 Å². The molecule has 0 fully saturated rings. The average molecular weight is 292 g/mol. The number of benzene rings is 1. The van der Waals surface area contributed by atoms with Crippen LogP contribution in [-0.4, -0.2) is 22.5 Å². The zero-order valence-corrected chi connectivity index (χ0v) is 13.1. The molecule has 0 aliphatic heterocycles. The molecule has 0 aromatic heterocycles. The number of nitrogens with two attached hydrogens (primary N) is 1. The monoisotopic (exact) mass is 292 g/mol. The van der Waals surface area contributed by atoms with Crippen molar-refractivity contribution in [2.45, 2.75) is 46.1 Å². The molecule has 1 aromatic carbocycles. The van der Waals surface area contributed by atoms with Crippen molar-refractivity contribution < 1.29 is 14.7 Å². The lowest BCUT2D eigenvalue weighted by Gasteiger charge is -2.36. The summed E-state index contributed by atoms with van der Waals surface area (Å²) in [5.41, 5.74) is 6.19. The molecule has 21 heavy (non-hydrogen) atoms. The van der Waals surface area contributed by atoms with Crippen molar-refractivity contribution in [3.8, 4) is 0 Å². The Morgan fingerprint density at radius 1 is 1.24 bits per heavy atom. The summed E-state index contributed by atoms with van der Waals surface area (Å²) in [7, 11) is 0. The highest BCUT2D eigenvalue weighted by atomic mass is 16.4. The summed E-state index contributed by atoms with van der Waals surface area (Å²) in [6, 6.07) is 7.21.